The van der Waals surface area contributed by atoms with Crippen molar-refractivity contribution in [2.24, 2.45) is 5.14 Å². The maximum absolute atomic E-state index is 13.0. The van der Waals surface area contributed by atoms with Crippen LogP contribution in [0.2, 0.25) is 5.02 Å². The average Bonchev–Trinajstić information content (AvgIpc) is 2.76. The molecular formula is C22H25ClN2O5S. The van der Waals surface area contributed by atoms with E-state index < -0.39 is 33.9 Å². The number of ether oxygens (including phenoxy) is 1. The number of halogens is 1. The minimum atomic E-state index is -3.76. The molecule has 1 aliphatic carbocycles. The van der Waals surface area contributed by atoms with Crippen molar-refractivity contribution in [3.63, 3.8) is 0 Å². The van der Waals surface area contributed by atoms with Crippen LogP contribution in [0.5, 0.6) is 0 Å². The van der Waals surface area contributed by atoms with E-state index in [2.05, 4.69) is 5.32 Å². The van der Waals surface area contributed by atoms with Gasteiger partial charge in [-0.3, -0.25) is 9.59 Å². The molecule has 2 aromatic carbocycles. The normalized spacial score (nSPS) is 15.8. The molecule has 1 aliphatic rings. The van der Waals surface area contributed by atoms with Gasteiger partial charge in [-0.05, 0) is 48.2 Å². The second kappa shape index (κ2) is 9.80. The topological polar surface area (TPSA) is 116 Å². The highest BCUT2D eigenvalue weighted by Gasteiger charge is 2.42. The van der Waals surface area contributed by atoms with Gasteiger partial charge in [0.25, 0.3) is 5.91 Å². The van der Waals surface area contributed by atoms with Crippen molar-refractivity contribution in [3.05, 3.63) is 64.7 Å². The van der Waals surface area contributed by atoms with Gasteiger partial charge in [-0.15, -0.1) is 0 Å². The molecular weight excluding hydrogens is 440 g/mol. The van der Waals surface area contributed by atoms with Gasteiger partial charge in [0.1, 0.15) is 0 Å². The summed E-state index contributed by atoms with van der Waals surface area (Å²) in [5.41, 5.74) is 0.724. The van der Waals surface area contributed by atoms with Crippen LogP contribution in [0.3, 0.4) is 0 Å². The zero-order chi connectivity index (χ0) is 22.5. The molecule has 0 aliphatic heterocycles. The van der Waals surface area contributed by atoms with E-state index in [0.717, 1.165) is 24.8 Å². The third-order valence-corrected chi connectivity index (χ3v) is 6.72. The van der Waals surface area contributed by atoms with Crippen LogP contribution in [0.4, 0.5) is 0 Å². The molecule has 0 spiro atoms. The van der Waals surface area contributed by atoms with Crippen LogP contribution in [-0.2, 0) is 36.3 Å². The van der Waals surface area contributed by atoms with Crippen LogP contribution in [0.1, 0.15) is 43.2 Å². The third kappa shape index (κ3) is 5.84. The molecule has 1 amide bonds. The lowest BCUT2D eigenvalue weighted by atomic mass is 9.69. The van der Waals surface area contributed by atoms with Crippen LogP contribution in [0.25, 0.3) is 0 Å². The number of benzene rings is 2. The quantitative estimate of drug-likeness (QED) is 0.611. The molecule has 1 fully saturated rings. The minimum Gasteiger partial charge on any atom is -0.455 e. The molecule has 0 saturated heterocycles. The lowest BCUT2D eigenvalue weighted by molar-refractivity contribution is -0.155. The molecule has 0 radical (unpaired) electrons. The first-order chi connectivity index (χ1) is 14.7. The first-order valence-electron chi connectivity index (χ1n) is 10.0. The Morgan fingerprint density at radius 2 is 1.74 bits per heavy atom. The van der Waals surface area contributed by atoms with Gasteiger partial charge in [-0.25, -0.2) is 13.6 Å². The van der Waals surface area contributed by atoms with Gasteiger partial charge >= 0.3 is 5.97 Å². The first kappa shape index (κ1) is 23.2. The molecule has 2 aromatic rings. The fourth-order valence-electron chi connectivity index (χ4n) is 3.87. The van der Waals surface area contributed by atoms with Crippen LogP contribution in [0.15, 0.2) is 53.4 Å². The molecule has 3 rings (SSSR count). The number of nitrogens with two attached hydrogens (primary N) is 1. The number of amides is 1. The number of sulfonamides is 1. The molecule has 166 valence electrons. The lowest BCUT2D eigenvalue weighted by Crippen LogP contribution is -2.41. The Balaban J connectivity index is 1.59. The molecule has 0 atom stereocenters. The van der Waals surface area contributed by atoms with Gasteiger partial charge < -0.3 is 10.1 Å². The fraction of sp³-hybridized carbons (Fsp3) is 0.364. The summed E-state index contributed by atoms with van der Waals surface area (Å²) in [6, 6.07) is 13.1. The number of nitrogens with one attached hydrogen (secondary N) is 1. The summed E-state index contributed by atoms with van der Waals surface area (Å²) in [5.74, 6) is -0.858. The summed E-state index contributed by atoms with van der Waals surface area (Å²) in [5, 5.41) is 8.28. The monoisotopic (exact) mass is 464 g/mol. The summed E-state index contributed by atoms with van der Waals surface area (Å²) in [4.78, 5) is 25.2. The van der Waals surface area contributed by atoms with E-state index in [1.807, 2.05) is 12.1 Å². The Morgan fingerprint density at radius 3 is 2.35 bits per heavy atom. The Morgan fingerprint density at radius 1 is 1.06 bits per heavy atom. The number of esters is 1. The van der Waals surface area contributed by atoms with Gasteiger partial charge in [0, 0.05) is 11.6 Å². The van der Waals surface area contributed by atoms with Crippen LogP contribution in [0, 0.1) is 0 Å². The number of hydrogen-bond donors (Lipinski definition) is 2. The number of primary sulfonamides is 1. The Labute approximate surface area is 187 Å². The molecule has 0 unspecified atom stereocenters. The van der Waals surface area contributed by atoms with Gasteiger partial charge in [0.15, 0.2) is 6.61 Å². The van der Waals surface area contributed by atoms with E-state index in [1.54, 1.807) is 24.3 Å². The van der Waals surface area contributed by atoms with Crippen molar-refractivity contribution in [3.8, 4) is 0 Å². The molecule has 1 saturated carbocycles. The van der Waals surface area contributed by atoms with Crippen molar-refractivity contribution in [2.75, 3.05) is 6.61 Å². The fourth-order valence-corrected chi connectivity index (χ4v) is 4.58. The summed E-state index contributed by atoms with van der Waals surface area (Å²) in [6.45, 7) is -0.225. The van der Waals surface area contributed by atoms with Gasteiger partial charge in [-0.1, -0.05) is 55.1 Å². The predicted molar refractivity (Wildman–Crippen MR) is 117 cm³/mol. The van der Waals surface area contributed by atoms with E-state index in [9.17, 15) is 18.0 Å². The molecule has 3 N–H and O–H groups in total. The van der Waals surface area contributed by atoms with Gasteiger partial charge in [0.05, 0.1) is 10.3 Å². The molecule has 7 nitrogen and oxygen atoms in total. The molecule has 9 heteroatoms. The molecule has 31 heavy (non-hydrogen) atoms. The van der Waals surface area contributed by atoms with Crippen LogP contribution in [-0.4, -0.2) is 26.9 Å². The standard InChI is InChI=1S/C22H25ClN2O5S/c23-18-6-4-5-17(13-18)22(11-2-1-3-12-22)21(27)30-15-20(26)25-14-16-7-9-19(10-8-16)31(24,28)29/h4-10,13H,1-3,11-12,14-15H2,(H,25,26)(H2,24,28,29). The third-order valence-electron chi connectivity index (χ3n) is 5.55. The SMILES string of the molecule is NS(=O)(=O)c1ccc(CNC(=O)COC(=O)C2(c3cccc(Cl)c3)CCCCC2)cc1. The van der Waals surface area contributed by atoms with Crippen LogP contribution < -0.4 is 10.5 Å². The average molecular weight is 465 g/mol. The number of carbonyl (C=O) groups is 2. The van der Waals surface area contributed by atoms with E-state index >= 15 is 0 Å². The van der Waals surface area contributed by atoms with Crippen molar-refractivity contribution in [1.82, 2.24) is 5.32 Å². The van der Waals surface area contributed by atoms with Gasteiger partial charge in [0.2, 0.25) is 10.0 Å². The Kier molecular flexibility index (Phi) is 7.35. The highest BCUT2D eigenvalue weighted by molar-refractivity contribution is 7.89. The number of carbonyl (C=O) groups excluding carboxylic acids is 2. The maximum atomic E-state index is 13.0. The Hall–Kier alpha value is -2.42. The van der Waals surface area contributed by atoms with Crippen molar-refractivity contribution < 1.29 is 22.7 Å². The summed E-state index contributed by atoms with van der Waals surface area (Å²) in [6.07, 6.45) is 4.18. The first-order valence-corrected chi connectivity index (χ1v) is 11.9. The zero-order valence-corrected chi connectivity index (χ0v) is 18.5. The number of hydrogen-bond acceptors (Lipinski definition) is 5. The highest BCUT2D eigenvalue weighted by Crippen LogP contribution is 2.41. The lowest BCUT2D eigenvalue weighted by Gasteiger charge is -2.35. The van der Waals surface area contributed by atoms with E-state index in [0.29, 0.717) is 23.4 Å². The van der Waals surface area contributed by atoms with Crippen molar-refractivity contribution >= 4 is 33.5 Å². The largest absolute Gasteiger partial charge is 0.455 e. The second-order valence-electron chi connectivity index (χ2n) is 7.69. The highest BCUT2D eigenvalue weighted by atomic mass is 35.5. The van der Waals surface area contributed by atoms with Crippen LogP contribution >= 0.6 is 11.6 Å². The maximum Gasteiger partial charge on any atom is 0.317 e. The van der Waals surface area contributed by atoms with Crippen molar-refractivity contribution in [2.45, 2.75) is 49.0 Å². The smallest absolute Gasteiger partial charge is 0.317 e. The van der Waals surface area contributed by atoms with E-state index in [-0.39, 0.29) is 11.4 Å². The molecule has 0 aromatic heterocycles. The summed E-state index contributed by atoms with van der Waals surface area (Å²) >= 11 is 6.14. The minimum absolute atomic E-state index is 0.00435. The predicted octanol–water partition coefficient (Wildman–Crippen LogP) is 3.05. The van der Waals surface area contributed by atoms with Crippen molar-refractivity contribution in [1.29, 1.82) is 0 Å². The van der Waals surface area contributed by atoms with E-state index in [4.69, 9.17) is 21.5 Å². The molecule has 0 bridgehead atoms. The Bertz CT molecular complexity index is 1050. The molecule has 0 heterocycles. The summed E-state index contributed by atoms with van der Waals surface area (Å²) < 4.78 is 28.0. The number of rotatable bonds is 7. The van der Waals surface area contributed by atoms with Gasteiger partial charge in [-0.2, -0.15) is 0 Å². The zero-order valence-electron chi connectivity index (χ0n) is 17.0. The second-order valence-corrected chi connectivity index (χ2v) is 9.69. The summed E-state index contributed by atoms with van der Waals surface area (Å²) in [7, 11) is -3.76. The van der Waals surface area contributed by atoms with E-state index in [1.165, 1.54) is 12.1 Å².